The van der Waals surface area contributed by atoms with Gasteiger partial charge in [-0.3, -0.25) is 4.79 Å². The molecule has 1 saturated heterocycles. The lowest BCUT2D eigenvalue weighted by Crippen LogP contribution is -2.63. The molecule has 8 rings (SSSR count). The molecular formula is C24H24F2N8O3S2. The van der Waals surface area contributed by atoms with Crippen LogP contribution in [-0.2, 0) is 14.8 Å². The first-order valence-electron chi connectivity index (χ1n) is 12.8. The normalized spacial score (nSPS) is 25.3. The lowest BCUT2D eigenvalue weighted by atomic mass is 9.44. The van der Waals surface area contributed by atoms with Crippen LogP contribution in [0.4, 0.5) is 14.5 Å². The van der Waals surface area contributed by atoms with Gasteiger partial charge < -0.3 is 9.80 Å². The van der Waals surface area contributed by atoms with Crippen LogP contribution in [0.2, 0.25) is 0 Å². The predicted octanol–water partition coefficient (Wildman–Crippen LogP) is 2.60. The third-order valence-electron chi connectivity index (χ3n) is 8.44. The number of halogens is 2. The van der Waals surface area contributed by atoms with Crippen molar-refractivity contribution in [2.45, 2.75) is 49.0 Å². The Morgan fingerprint density at radius 2 is 1.87 bits per heavy atom. The van der Waals surface area contributed by atoms with E-state index in [-0.39, 0.29) is 21.3 Å². The Morgan fingerprint density at radius 1 is 1.15 bits per heavy atom. The van der Waals surface area contributed by atoms with Crippen LogP contribution in [0, 0.1) is 22.7 Å². The number of carbonyl (C=O) groups excluding carboxylic acids is 1. The number of alkyl halides is 2. The number of benzene rings is 1. The summed E-state index contributed by atoms with van der Waals surface area (Å²) in [7, 11) is -4.10. The van der Waals surface area contributed by atoms with Gasteiger partial charge in [-0.2, -0.15) is 15.1 Å². The molecule has 11 nitrogen and oxygen atoms in total. The second-order valence-corrected chi connectivity index (χ2v) is 13.7. The van der Waals surface area contributed by atoms with E-state index in [9.17, 15) is 27.3 Å². The Kier molecular flexibility index (Phi) is 5.33. The standard InChI is InChI=1S/C24H24F2N8O3S2/c25-19(26)20-29-30-22(38-20)34-18-8-15(39(36,37)31-24(13-27)1-2-24)7-17(16(18)12-28-34)32-3-5-33(6-4-32)21(35)23-9-14(10-23)11-23/h7-8,12,14,19,31H,1-6,9-11H2. The molecule has 2 bridgehead atoms. The van der Waals surface area contributed by atoms with Gasteiger partial charge in [0, 0.05) is 37.3 Å². The third kappa shape index (κ3) is 3.91. The number of hydrogen-bond acceptors (Lipinski definition) is 9. The van der Waals surface area contributed by atoms with Gasteiger partial charge in [-0.15, -0.1) is 10.2 Å². The highest BCUT2D eigenvalue weighted by molar-refractivity contribution is 7.89. The second-order valence-electron chi connectivity index (χ2n) is 11.0. The molecule has 1 aromatic carbocycles. The quantitative estimate of drug-likeness (QED) is 0.455. The molecule has 5 fully saturated rings. The largest absolute Gasteiger partial charge is 0.367 e. The molecule has 1 aliphatic heterocycles. The van der Waals surface area contributed by atoms with Gasteiger partial charge in [-0.1, -0.05) is 11.3 Å². The van der Waals surface area contributed by atoms with Crippen molar-refractivity contribution < 1.29 is 22.0 Å². The van der Waals surface area contributed by atoms with Crippen LogP contribution in [0.5, 0.6) is 0 Å². The second kappa shape index (κ2) is 8.39. The zero-order chi connectivity index (χ0) is 27.2. The van der Waals surface area contributed by atoms with E-state index in [0.29, 0.717) is 72.9 Å². The number of amides is 1. The van der Waals surface area contributed by atoms with E-state index in [1.807, 2.05) is 15.9 Å². The Labute approximate surface area is 226 Å². The SMILES string of the molecule is N#CC1(NS(=O)(=O)c2cc(N3CCN(C(=O)C45CC(C4)C5)CC3)c3cnn(-c4nnc(C(F)F)s4)c3c2)CC1. The fourth-order valence-corrected chi connectivity index (χ4v) is 8.04. The summed E-state index contributed by atoms with van der Waals surface area (Å²) in [5.41, 5.74) is -0.317. The maximum absolute atomic E-state index is 13.4. The maximum atomic E-state index is 13.4. The number of fused-ring (bicyclic) bond motifs is 1. The van der Waals surface area contributed by atoms with Gasteiger partial charge in [0.15, 0.2) is 5.01 Å². The van der Waals surface area contributed by atoms with Gasteiger partial charge in [0.05, 0.1) is 28.1 Å². The molecule has 1 amide bonds. The molecule has 0 spiro atoms. The number of piperazine rings is 1. The molecule has 3 heterocycles. The third-order valence-corrected chi connectivity index (χ3v) is 10.9. The Morgan fingerprint density at radius 3 is 2.44 bits per heavy atom. The molecule has 0 radical (unpaired) electrons. The molecule has 15 heteroatoms. The number of sulfonamides is 1. The van der Waals surface area contributed by atoms with Crippen molar-refractivity contribution >= 4 is 43.9 Å². The Balaban J connectivity index is 1.25. The molecule has 204 valence electrons. The zero-order valence-electron chi connectivity index (χ0n) is 20.7. The van der Waals surface area contributed by atoms with Crippen LogP contribution < -0.4 is 9.62 Å². The van der Waals surface area contributed by atoms with Crippen LogP contribution in [0.3, 0.4) is 0 Å². The minimum Gasteiger partial charge on any atom is -0.367 e. The minimum atomic E-state index is -4.10. The molecule has 5 aliphatic rings. The van der Waals surface area contributed by atoms with Crippen molar-refractivity contribution in [1.29, 1.82) is 5.26 Å². The molecule has 3 aromatic rings. The van der Waals surface area contributed by atoms with Crippen molar-refractivity contribution in [3.8, 4) is 11.2 Å². The van der Waals surface area contributed by atoms with Crippen LogP contribution in [0.1, 0.15) is 43.5 Å². The summed E-state index contributed by atoms with van der Waals surface area (Å²) in [6.45, 7) is 2.03. The van der Waals surface area contributed by atoms with Gasteiger partial charge in [0.2, 0.25) is 21.1 Å². The molecule has 0 unspecified atom stereocenters. The highest BCUT2D eigenvalue weighted by Gasteiger charge is 2.62. The monoisotopic (exact) mass is 574 g/mol. The summed E-state index contributed by atoms with van der Waals surface area (Å²) >= 11 is 0.671. The molecule has 2 aromatic heterocycles. The Hall–Kier alpha value is -3.22. The van der Waals surface area contributed by atoms with Crippen molar-refractivity contribution in [2.75, 3.05) is 31.1 Å². The van der Waals surface area contributed by atoms with E-state index in [1.165, 1.54) is 10.7 Å². The lowest BCUT2D eigenvalue weighted by Gasteiger charge is -2.61. The highest BCUT2D eigenvalue weighted by Crippen LogP contribution is 2.65. The Bertz CT molecular complexity index is 1630. The smallest absolute Gasteiger partial charge is 0.291 e. The number of nitriles is 1. The minimum absolute atomic E-state index is 0.0701. The van der Waals surface area contributed by atoms with E-state index in [1.54, 1.807) is 12.3 Å². The molecule has 0 atom stereocenters. The lowest BCUT2D eigenvalue weighted by molar-refractivity contribution is -0.177. The average molecular weight is 575 g/mol. The van der Waals surface area contributed by atoms with Crippen LogP contribution in [0.25, 0.3) is 16.0 Å². The predicted molar refractivity (Wildman–Crippen MR) is 136 cm³/mol. The van der Waals surface area contributed by atoms with E-state index in [2.05, 4.69) is 20.0 Å². The van der Waals surface area contributed by atoms with Gasteiger partial charge in [-0.25, -0.2) is 21.9 Å². The summed E-state index contributed by atoms with van der Waals surface area (Å²) in [6.07, 6.45) is 2.57. The van der Waals surface area contributed by atoms with Gasteiger partial charge in [-0.05, 0) is 50.2 Å². The van der Waals surface area contributed by atoms with Crippen molar-refractivity contribution in [2.24, 2.45) is 11.3 Å². The number of anilines is 1. The summed E-state index contributed by atoms with van der Waals surface area (Å²) in [6, 6.07) is 5.00. The zero-order valence-corrected chi connectivity index (χ0v) is 22.3. The number of nitrogens with one attached hydrogen (secondary N) is 1. The number of hydrogen-bond donors (Lipinski definition) is 1. The number of rotatable bonds is 7. The first kappa shape index (κ1) is 24.8. The van der Waals surface area contributed by atoms with Crippen LogP contribution in [0.15, 0.2) is 23.2 Å². The van der Waals surface area contributed by atoms with Crippen LogP contribution in [-0.4, -0.2) is 70.9 Å². The molecule has 4 saturated carbocycles. The van der Waals surface area contributed by atoms with Crippen LogP contribution >= 0.6 is 11.3 Å². The van der Waals surface area contributed by atoms with Gasteiger partial charge in [0.25, 0.3) is 6.43 Å². The summed E-state index contributed by atoms with van der Waals surface area (Å²) in [5, 5.41) is 21.4. The van der Waals surface area contributed by atoms with E-state index >= 15 is 0 Å². The van der Waals surface area contributed by atoms with E-state index in [0.717, 1.165) is 19.3 Å². The van der Waals surface area contributed by atoms with Gasteiger partial charge >= 0.3 is 0 Å². The topological polar surface area (TPSA) is 137 Å². The molecule has 4 aliphatic carbocycles. The highest BCUT2D eigenvalue weighted by atomic mass is 32.2. The maximum Gasteiger partial charge on any atom is 0.291 e. The summed E-state index contributed by atoms with van der Waals surface area (Å²) < 4.78 is 57.0. The van der Waals surface area contributed by atoms with Crippen molar-refractivity contribution in [3.63, 3.8) is 0 Å². The number of aromatic nitrogens is 4. The molecule has 39 heavy (non-hydrogen) atoms. The fourth-order valence-electron chi connectivity index (χ4n) is 5.96. The first-order valence-corrected chi connectivity index (χ1v) is 15.1. The number of nitrogens with zero attached hydrogens (tertiary/aromatic N) is 7. The van der Waals surface area contributed by atoms with Crippen molar-refractivity contribution in [3.05, 3.63) is 23.3 Å². The van der Waals surface area contributed by atoms with Crippen molar-refractivity contribution in [1.82, 2.24) is 29.6 Å². The fraction of sp³-hybridized carbons (Fsp3) is 0.542. The molecule has 1 N–H and O–H groups in total. The van der Waals surface area contributed by atoms with Gasteiger partial charge in [0.1, 0.15) is 5.54 Å². The molecular weight excluding hydrogens is 550 g/mol. The number of carbonyl (C=O) groups is 1. The summed E-state index contributed by atoms with van der Waals surface area (Å²) in [4.78, 5) is 16.9. The summed E-state index contributed by atoms with van der Waals surface area (Å²) in [5.74, 6) is 0.930. The van der Waals surface area contributed by atoms with E-state index in [4.69, 9.17) is 0 Å². The van der Waals surface area contributed by atoms with E-state index < -0.39 is 27.0 Å². The first-order chi connectivity index (χ1) is 18.6. The average Bonchev–Trinajstić information content (AvgIpc) is 3.25.